The minimum absolute atomic E-state index is 0.0628. The molecule has 0 spiro atoms. The van der Waals surface area contributed by atoms with Gasteiger partial charge in [0.2, 0.25) is 0 Å². The summed E-state index contributed by atoms with van der Waals surface area (Å²) in [6.45, 7) is 10.1. The van der Waals surface area contributed by atoms with Crippen molar-refractivity contribution >= 4 is 21.6 Å². The zero-order valence-electron chi connectivity index (χ0n) is 14.1. The van der Waals surface area contributed by atoms with Crippen LogP contribution in [0.15, 0.2) is 15.8 Å². The number of ether oxygens (including phenoxy) is 2. The van der Waals surface area contributed by atoms with E-state index in [0.717, 1.165) is 0 Å². The SMILES string of the molecule is Cc1cn([C@H]2CC(OCSSC(C)(C)C)[C@@H](C)O2)c(=O)[nH]c1=O. The van der Waals surface area contributed by atoms with Gasteiger partial charge in [-0.3, -0.25) is 14.3 Å². The van der Waals surface area contributed by atoms with Gasteiger partial charge in [-0.1, -0.05) is 42.4 Å². The predicted octanol–water partition coefficient (Wildman–Crippen LogP) is 2.68. The van der Waals surface area contributed by atoms with Gasteiger partial charge < -0.3 is 9.47 Å². The van der Waals surface area contributed by atoms with Gasteiger partial charge >= 0.3 is 5.69 Å². The molecule has 130 valence electrons. The lowest BCUT2D eigenvalue weighted by atomic mass is 10.2. The van der Waals surface area contributed by atoms with Gasteiger partial charge in [-0.2, -0.15) is 0 Å². The normalized spacial score (nSPS) is 25.0. The van der Waals surface area contributed by atoms with Crippen molar-refractivity contribution in [3.05, 3.63) is 32.6 Å². The molecule has 6 nitrogen and oxygen atoms in total. The fourth-order valence-corrected chi connectivity index (χ4v) is 4.28. The first-order chi connectivity index (χ1) is 10.7. The Hall–Kier alpha value is -0.700. The van der Waals surface area contributed by atoms with Crippen LogP contribution in [0.25, 0.3) is 0 Å². The Labute approximate surface area is 143 Å². The molecule has 1 aromatic heterocycles. The molecule has 1 unspecified atom stereocenters. The quantitative estimate of drug-likeness (QED) is 0.494. The number of aryl methyl sites for hydroxylation is 1. The number of aromatic amines is 1. The molecule has 1 fully saturated rings. The van der Waals surface area contributed by atoms with Crippen LogP contribution in [0.4, 0.5) is 0 Å². The summed E-state index contributed by atoms with van der Waals surface area (Å²) in [4.78, 5) is 25.7. The van der Waals surface area contributed by atoms with Gasteiger partial charge in [0.05, 0.1) is 12.2 Å². The van der Waals surface area contributed by atoms with E-state index in [1.807, 2.05) is 6.92 Å². The molecule has 0 amide bonds. The largest absolute Gasteiger partial charge is 0.364 e. The molecule has 0 aliphatic carbocycles. The predicted molar refractivity (Wildman–Crippen MR) is 94.9 cm³/mol. The van der Waals surface area contributed by atoms with Gasteiger partial charge in [0.1, 0.15) is 12.2 Å². The van der Waals surface area contributed by atoms with Crippen molar-refractivity contribution in [1.29, 1.82) is 0 Å². The summed E-state index contributed by atoms with van der Waals surface area (Å²) in [7, 11) is 3.45. The Bertz CT molecular complexity index is 650. The molecule has 23 heavy (non-hydrogen) atoms. The van der Waals surface area contributed by atoms with E-state index in [0.29, 0.717) is 17.9 Å². The van der Waals surface area contributed by atoms with Crippen molar-refractivity contribution in [2.75, 3.05) is 5.94 Å². The Kier molecular flexibility index (Phi) is 6.05. The molecule has 2 rings (SSSR count). The van der Waals surface area contributed by atoms with Crippen LogP contribution in [-0.4, -0.2) is 32.4 Å². The first-order valence-corrected chi connectivity index (χ1v) is 9.89. The Morgan fingerprint density at radius 3 is 2.78 bits per heavy atom. The highest BCUT2D eigenvalue weighted by molar-refractivity contribution is 8.77. The van der Waals surface area contributed by atoms with E-state index in [-0.39, 0.29) is 22.5 Å². The number of aromatic nitrogens is 2. The highest BCUT2D eigenvalue weighted by atomic mass is 33.1. The van der Waals surface area contributed by atoms with Crippen LogP contribution in [-0.2, 0) is 9.47 Å². The topological polar surface area (TPSA) is 73.3 Å². The molecule has 1 N–H and O–H groups in total. The van der Waals surface area contributed by atoms with Crippen molar-refractivity contribution in [3.8, 4) is 0 Å². The van der Waals surface area contributed by atoms with Crippen molar-refractivity contribution in [1.82, 2.24) is 9.55 Å². The Balaban J connectivity index is 1.95. The molecule has 3 atom stereocenters. The molecular weight excluding hydrogens is 336 g/mol. The van der Waals surface area contributed by atoms with E-state index in [1.54, 1.807) is 34.7 Å². The fourth-order valence-electron chi connectivity index (χ4n) is 2.28. The Morgan fingerprint density at radius 1 is 1.43 bits per heavy atom. The third-order valence-corrected chi connectivity index (χ3v) is 6.42. The zero-order chi connectivity index (χ0) is 17.2. The van der Waals surface area contributed by atoms with E-state index in [2.05, 4.69) is 25.8 Å². The lowest BCUT2D eigenvalue weighted by Gasteiger charge is -2.18. The smallest absolute Gasteiger partial charge is 0.330 e. The van der Waals surface area contributed by atoms with E-state index in [1.165, 1.54) is 4.57 Å². The maximum Gasteiger partial charge on any atom is 0.330 e. The molecule has 1 aromatic rings. The van der Waals surface area contributed by atoms with Gasteiger partial charge in [0.15, 0.2) is 0 Å². The summed E-state index contributed by atoms with van der Waals surface area (Å²) in [5.41, 5.74) is -0.320. The second-order valence-electron chi connectivity index (χ2n) is 6.65. The van der Waals surface area contributed by atoms with Gasteiger partial charge in [0.25, 0.3) is 5.56 Å². The van der Waals surface area contributed by atoms with E-state index in [4.69, 9.17) is 9.47 Å². The molecule has 1 aliphatic heterocycles. The first kappa shape index (κ1) is 18.6. The van der Waals surface area contributed by atoms with Gasteiger partial charge in [-0.25, -0.2) is 4.79 Å². The maximum absolute atomic E-state index is 11.9. The average Bonchev–Trinajstić information content (AvgIpc) is 2.79. The summed E-state index contributed by atoms with van der Waals surface area (Å²) >= 11 is 0. The minimum atomic E-state index is -0.448. The van der Waals surface area contributed by atoms with Crippen LogP contribution in [0.3, 0.4) is 0 Å². The monoisotopic (exact) mass is 360 g/mol. The standard InChI is InChI=1S/C15H24N2O4S2/c1-9-7-17(14(19)16-13(9)18)12-6-11(10(2)21-12)20-8-22-23-15(3,4)5/h7,10-12H,6,8H2,1-5H3,(H,16,18,19)/t10-,11?,12-/m1/s1. The number of rotatable bonds is 5. The van der Waals surface area contributed by atoms with Crippen LogP contribution in [0, 0.1) is 6.92 Å². The highest BCUT2D eigenvalue weighted by Crippen LogP contribution is 2.36. The van der Waals surface area contributed by atoms with E-state index >= 15 is 0 Å². The van der Waals surface area contributed by atoms with Gasteiger partial charge in [0, 0.05) is 22.9 Å². The fraction of sp³-hybridized carbons (Fsp3) is 0.733. The van der Waals surface area contributed by atoms with Gasteiger partial charge in [-0.15, -0.1) is 0 Å². The minimum Gasteiger partial charge on any atom is -0.364 e. The van der Waals surface area contributed by atoms with Crippen LogP contribution in [0.1, 0.15) is 45.9 Å². The van der Waals surface area contributed by atoms with Crippen LogP contribution < -0.4 is 11.2 Å². The molecule has 8 heteroatoms. The zero-order valence-corrected chi connectivity index (χ0v) is 15.8. The summed E-state index contributed by atoms with van der Waals surface area (Å²) < 4.78 is 13.3. The number of H-pyrrole nitrogens is 1. The van der Waals surface area contributed by atoms with Crippen molar-refractivity contribution in [2.45, 2.75) is 64.2 Å². The lowest BCUT2D eigenvalue weighted by Crippen LogP contribution is -2.33. The third-order valence-electron chi connectivity index (χ3n) is 3.42. The summed E-state index contributed by atoms with van der Waals surface area (Å²) in [6.07, 6.45) is 1.57. The van der Waals surface area contributed by atoms with E-state index < -0.39 is 11.9 Å². The first-order valence-electron chi connectivity index (χ1n) is 7.57. The molecule has 0 aromatic carbocycles. The molecule has 1 aliphatic rings. The molecule has 0 radical (unpaired) electrons. The molecule has 0 bridgehead atoms. The van der Waals surface area contributed by atoms with Crippen molar-refractivity contribution in [3.63, 3.8) is 0 Å². The summed E-state index contributed by atoms with van der Waals surface area (Å²) in [5, 5.41) is 0. The number of hydrogen-bond acceptors (Lipinski definition) is 6. The molecule has 1 saturated heterocycles. The number of nitrogens with one attached hydrogen (secondary N) is 1. The second-order valence-corrected chi connectivity index (χ2v) is 9.72. The van der Waals surface area contributed by atoms with Crippen LogP contribution in [0.5, 0.6) is 0 Å². The second kappa shape index (κ2) is 7.46. The average molecular weight is 361 g/mol. The Morgan fingerprint density at radius 2 is 2.13 bits per heavy atom. The summed E-state index contributed by atoms with van der Waals surface area (Å²) in [5.74, 6) is 0.576. The lowest BCUT2D eigenvalue weighted by molar-refractivity contribution is -0.0208. The van der Waals surface area contributed by atoms with Crippen molar-refractivity contribution < 1.29 is 9.47 Å². The summed E-state index contributed by atoms with van der Waals surface area (Å²) in [6, 6.07) is 0. The molecular formula is C15H24N2O4S2. The maximum atomic E-state index is 11.9. The van der Waals surface area contributed by atoms with Crippen LogP contribution >= 0.6 is 21.6 Å². The van der Waals surface area contributed by atoms with Gasteiger partial charge in [-0.05, 0) is 13.8 Å². The van der Waals surface area contributed by atoms with Crippen LogP contribution in [0.2, 0.25) is 0 Å². The third kappa shape index (κ3) is 5.14. The highest BCUT2D eigenvalue weighted by Gasteiger charge is 2.34. The number of hydrogen-bond donors (Lipinski definition) is 1. The van der Waals surface area contributed by atoms with Crippen molar-refractivity contribution in [2.24, 2.45) is 0 Å². The molecule has 2 heterocycles. The number of nitrogens with zero attached hydrogens (tertiary/aromatic N) is 1. The van der Waals surface area contributed by atoms with E-state index in [9.17, 15) is 9.59 Å². The molecule has 0 saturated carbocycles.